The maximum absolute atomic E-state index is 8.25. The van der Waals surface area contributed by atoms with Crippen molar-refractivity contribution in [1.82, 2.24) is 0 Å². The SMILES string of the molecule is O=[N+]([O-])[O-].[Cu+].c1ccc(P(c2ccccc2)c2ccccc2)cc1.c1ccc(P(c2ccccc2)c2ccccc2)cc1. The molecule has 0 amide bonds. The average Bonchev–Trinajstić information content (AvgIpc) is 3.05. The summed E-state index contributed by atoms with van der Waals surface area (Å²) in [5.41, 5.74) is 0. The van der Waals surface area contributed by atoms with E-state index in [-0.39, 0.29) is 17.1 Å². The van der Waals surface area contributed by atoms with Crippen molar-refractivity contribution in [3.63, 3.8) is 0 Å². The summed E-state index contributed by atoms with van der Waals surface area (Å²) in [4.78, 5) is 8.25. The van der Waals surface area contributed by atoms with Gasteiger partial charge in [-0.05, 0) is 47.7 Å². The maximum atomic E-state index is 8.25. The molecule has 0 aliphatic rings. The van der Waals surface area contributed by atoms with E-state index in [2.05, 4.69) is 182 Å². The van der Waals surface area contributed by atoms with E-state index in [9.17, 15) is 0 Å². The molecule has 43 heavy (non-hydrogen) atoms. The van der Waals surface area contributed by atoms with E-state index in [0.717, 1.165) is 0 Å². The van der Waals surface area contributed by atoms with E-state index in [4.69, 9.17) is 15.3 Å². The van der Waals surface area contributed by atoms with Crippen LogP contribution < -0.4 is 31.8 Å². The van der Waals surface area contributed by atoms with Gasteiger partial charge in [-0.2, -0.15) is 0 Å². The Morgan fingerprint density at radius 1 is 0.326 bits per heavy atom. The average molecular weight is 650 g/mol. The number of nitrogens with zero attached hydrogens (tertiary/aromatic N) is 1. The number of hydrogen-bond donors (Lipinski definition) is 0. The van der Waals surface area contributed by atoms with Crippen LogP contribution in [0.1, 0.15) is 0 Å². The topological polar surface area (TPSA) is 66.2 Å². The molecule has 0 aliphatic heterocycles. The second kappa shape index (κ2) is 18.4. The van der Waals surface area contributed by atoms with Crippen LogP contribution >= 0.6 is 15.8 Å². The Bertz CT molecular complexity index is 1290. The molecule has 6 aromatic carbocycles. The summed E-state index contributed by atoms with van der Waals surface area (Å²) in [5, 5.41) is 23.1. The molecular formula is C36H30CuNO3P2. The third kappa shape index (κ3) is 10.6. The summed E-state index contributed by atoms with van der Waals surface area (Å²) < 4.78 is 0. The molecule has 4 nitrogen and oxygen atoms in total. The zero-order valence-corrected chi connectivity index (χ0v) is 25.9. The van der Waals surface area contributed by atoms with E-state index in [0.29, 0.717) is 0 Å². The molecule has 0 radical (unpaired) electrons. The molecular weight excluding hydrogens is 620 g/mol. The van der Waals surface area contributed by atoms with Crippen LogP contribution in [0, 0.1) is 15.3 Å². The second-order valence-corrected chi connectivity index (χ2v) is 13.3. The van der Waals surface area contributed by atoms with Gasteiger partial charge in [0.15, 0.2) is 0 Å². The zero-order chi connectivity index (χ0) is 29.4. The van der Waals surface area contributed by atoms with Gasteiger partial charge in [0, 0.05) is 0 Å². The molecule has 0 bridgehead atoms. The minimum Gasteiger partial charge on any atom is -0.356 e. The molecule has 0 atom stereocenters. The van der Waals surface area contributed by atoms with Crippen molar-refractivity contribution >= 4 is 47.7 Å². The fourth-order valence-corrected chi connectivity index (χ4v) is 8.97. The van der Waals surface area contributed by atoms with Crippen molar-refractivity contribution < 1.29 is 22.2 Å². The summed E-state index contributed by atoms with van der Waals surface area (Å²) >= 11 is 0. The number of benzene rings is 6. The minimum atomic E-state index is -1.75. The van der Waals surface area contributed by atoms with E-state index >= 15 is 0 Å². The first-order chi connectivity index (χ1) is 20.6. The molecule has 0 saturated carbocycles. The number of hydrogen-bond acceptors (Lipinski definition) is 3. The Morgan fingerprint density at radius 2 is 0.442 bits per heavy atom. The third-order valence-corrected chi connectivity index (χ3v) is 11.0. The van der Waals surface area contributed by atoms with Crippen molar-refractivity contribution in [2.24, 2.45) is 0 Å². The van der Waals surface area contributed by atoms with Crippen LogP contribution in [-0.4, -0.2) is 5.09 Å². The zero-order valence-electron chi connectivity index (χ0n) is 23.2. The van der Waals surface area contributed by atoms with Gasteiger partial charge in [-0.1, -0.05) is 182 Å². The fourth-order valence-electron chi connectivity index (χ4n) is 4.36. The van der Waals surface area contributed by atoms with Crippen LogP contribution in [0.25, 0.3) is 0 Å². The third-order valence-electron chi connectivity index (χ3n) is 6.09. The fraction of sp³-hybridized carbons (Fsp3) is 0. The molecule has 218 valence electrons. The Labute approximate surface area is 266 Å². The summed E-state index contributed by atoms with van der Waals surface area (Å²) in [6, 6.07) is 64.7. The minimum absolute atomic E-state index is 0. The van der Waals surface area contributed by atoms with Gasteiger partial charge in [0.1, 0.15) is 0 Å². The van der Waals surface area contributed by atoms with Gasteiger partial charge in [-0.15, -0.1) is 0 Å². The Hall–Kier alpha value is -4.10. The van der Waals surface area contributed by atoms with Gasteiger partial charge >= 0.3 is 17.1 Å². The van der Waals surface area contributed by atoms with Crippen LogP contribution in [0.2, 0.25) is 0 Å². The molecule has 0 saturated heterocycles. The summed E-state index contributed by atoms with van der Waals surface area (Å²) in [5.74, 6) is 0. The molecule has 0 aromatic heterocycles. The normalized spacial score (nSPS) is 9.91. The van der Waals surface area contributed by atoms with Crippen molar-refractivity contribution in [3.8, 4) is 0 Å². The molecule has 0 aliphatic carbocycles. The maximum Gasteiger partial charge on any atom is 1.00 e. The predicted molar refractivity (Wildman–Crippen MR) is 181 cm³/mol. The van der Waals surface area contributed by atoms with E-state index in [1.165, 1.54) is 31.8 Å². The second-order valence-electron chi connectivity index (χ2n) is 8.91. The van der Waals surface area contributed by atoms with Crippen molar-refractivity contribution in [1.29, 1.82) is 0 Å². The quantitative estimate of drug-likeness (QED) is 0.0879. The first-order valence-electron chi connectivity index (χ1n) is 13.4. The van der Waals surface area contributed by atoms with E-state index in [1.807, 2.05) is 0 Å². The Kier molecular flexibility index (Phi) is 14.3. The molecule has 0 N–H and O–H groups in total. The van der Waals surface area contributed by atoms with E-state index in [1.54, 1.807) is 0 Å². The molecule has 6 aromatic rings. The van der Waals surface area contributed by atoms with Gasteiger partial charge in [-0.25, -0.2) is 0 Å². The molecule has 7 heteroatoms. The van der Waals surface area contributed by atoms with Crippen molar-refractivity contribution in [3.05, 3.63) is 197 Å². The molecule has 0 heterocycles. The van der Waals surface area contributed by atoms with Crippen LogP contribution in [0.5, 0.6) is 0 Å². The van der Waals surface area contributed by atoms with Gasteiger partial charge in [0.05, 0.1) is 5.09 Å². The van der Waals surface area contributed by atoms with Crippen LogP contribution in [0.3, 0.4) is 0 Å². The van der Waals surface area contributed by atoms with Crippen LogP contribution in [0.4, 0.5) is 0 Å². The Balaban J connectivity index is 0.000000206. The van der Waals surface area contributed by atoms with Crippen LogP contribution in [0.15, 0.2) is 182 Å². The first kappa shape index (κ1) is 33.4. The van der Waals surface area contributed by atoms with Gasteiger partial charge < -0.3 is 15.3 Å². The van der Waals surface area contributed by atoms with Crippen molar-refractivity contribution in [2.75, 3.05) is 0 Å². The van der Waals surface area contributed by atoms with Gasteiger partial charge in [-0.3, -0.25) is 0 Å². The van der Waals surface area contributed by atoms with Gasteiger partial charge in [0.25, 0.3) is 0 Å². The molecule has 6 rings (SSSR count). The largest absolute Gasteiger partial charge is 1.00 e. The molecule has 0 fully saturated rings. The summed E-state index contributed by atoms with van der Waals surface area (Å²) in [6.45, 7) is 0. The van der Waals surface area contributed by atoms with Crippen molar-refractivity contribution in [2.45, 2.75) is 0 Å². The first-order valence-corrected chi connectivity index (χ1v) is 16.0. The Morgan fingerprint density at radius 3 is 0.558 bits per heavy atom. The van der Waals surface area contributed by atoms with Gasteiger partial charge in [0.2, 0.25) is 0 Å². The monoisotopic (exact) mass is 649 g/mol. The molecule has 0 unspecified atom stereocenters. The predicted octanol–water partition coefficient (Wildman–Crippen LogP) is 6.65. The van der Waals surface area contributed by atoms with E-state index < -0.39 is 20.9 Å². The standard InChI is InChI=1S/2C18H15P.Cu.NO3/c2*1-4-10-16(11-5-1)19(17-12-6-2-7-13-17)18-14-8-3-9-15-18;;2-1(3)4/h2*1-15H;;/q;;+1;-1. The summed E-state index contributed by atoms with van der Waals surface area (Å²) in [6.07, 6.45) is 0. The van der Waals surface area contributed by atoms with Crippen LogP contribution in [-0.2, 0) is 17.1 Å². The molecule has 0 spiro atoms. The summed E-state index contributed by atoms with van der Waals surface area (Å²) in [7, 11) is -0.892. The number of rotatable bonds is 6. The smallest absolute Gasteiger partial charge is 0.356 e.